The summed E-state index contributed by atoms with van der Waals surface area (Å²) in [5.74, 6) is -0.173. The summed E-state index contributed by atoms with van der Waals surface area (Å²) in [6, 6.07) is 8.93. The van der Waals surface area contributed by atoms with Gasteiger partial charge in [0.2, 0.25) is 0 Å². The number of hydrogen-bond donors (Lipinski definition) is 1. The lowest BCUT2D eigenvalue weighted by molar-refractivity contribution is 0.395. The maximum atomic E-state index is 13.8. The van der Waals surface area contributed by atoms with Gasteiger partial charge in [-0.05, 0) is 24.3 Å². The molecule has 23 heavy (non-hydrogen) atoms. The van der Waals surface area contributed by atoms with E-state index in [1.54, 1.807) is 31.4 Å². The van der Waals surface area contributed by atoms with E-state index in [-0.39, 0.29) is 5.52 Å². The van der Waals surface area contributed by atoms with Gasteiger partial charge in [-0.15, -0.1) is 0 Å². The molecule has 0 bridgehead atoms. The van der Waals surface area contributed by atoms with Crippen LogP contribution in [-0.4, -0.2) is 19.2 Å². The van der Waals surface area contributed by atoms with Crippen LogP contribution in [0.5, 0.6) is 11.5 Å². The van der Waals surface area contributed by atoms with E-state index >= 15 is 0 Å². The van der Waals surface area contributed by atoms with Crippen molar-refractivity contribution in [1.82, 2.24) is 4.98 Å². The standard InChI is InChI=1S/C17H14F2N2O2/c1-22-11-3-4-15(16(9-11)23-2)21-14-5-6-20-17-12(14)7-10(18)8-13(17)19/h3-9H,1-2H3,(H,20,21). The number of pyridine rings is 1. The first kappa shape index (κ1) is 15.0. The minimum atomic E-state index is -0.703. The summed E-state index contributed by atoms with van der Waals surface area (Å²) in [5.41, 5.74) is 1.27. The van der Waals surface area contributed by atoms with Crippen LogP contribution >= 0.6 is 0 Å². The Morgan fingerprint density at radius 1 is 0.957 bits per heavy atom. The Morgan fingerprint density at radius 3 is 2.52 bits per heavy atom. The fraction of sp³-hybridized carbons (Fsp3) is 0.118. The lowest BCUT2D eigenvalue weighted by atomic mass is 10.1. The fourth-order valence-electron chi connectivity index (χ4n) is 2.33. The van der Waals surface area contributed by atoms with Gasteiger partial charge >= 0.3 is 0 Å². The molecule has 0 atom stereocenters. The number of anilines is 2. The summed E-state index contributed by atoms with van der Waals surface area (Å²) in [7, 11) is 3.09. The SMILES string of the molecule is COc1ccc(Nc2ccnc3c(F)cc(F)cc23)c(OC)c1. The molecule has 0 fully saturated rings. The van der Waals surface area contributed by atoms with Gasteiger partial charge in [0.1, 0.15) is 22.8 Å². The summed E-state index contributed by atoms with van der Waals surface area (Å²) in [6.45, 7) is 0. The monoisotopic (exact) mass is 316 g/mol. The largest absolute Gasteiger partial charge is 0.497 e. The molecule has 0 spiro atoms. The van der Waals surface area contributed by atoms with Crippen molar-refractivity contribution in [3.8, 4) is 11.5 Å². The number of halogens is 2. The van der Waals surface area contributed by atoms with Gasteiger partial charge in [-0.2, -0.15) is 0 Å². The highest BCUT2D eigenvalue weighted by Gasteiger charge is 2.11. The Morgan fingerprint density at radius 2 is 1.78 bits per heavy atom. The van der Waals surface area contributed by atoms with Crippen LogP contribution in [0.1, 0.15) is 0 Å². The van der Waals surface area contributed by atoms with E-state index in [2.05, 4.69) is 10.3 Å². The van der Waals surface area contributed by atoms with Crippen molar-refractivity contribution < 1.29 is 18.3 Å². The number of benzene rings is 2. The van der Waals surface area contributed by atoms with Gasteiger partial charge in [-0.25, -0.2) is 8.78 Å². The Kier molecular flexibility index (Phi) is 3.97. The molecule has 3 aromatic rings. The second kappa shape index (κ2) is 6.08. The predicted molar refractivity (Wildman–Crippen MR) is 84.5 cm³/mol. The number of fused-ring (bicyclic) bond motifs is 1. The minimum absolute atomic E-state index is 0.101. The number of nitrogens with zero attached hydrogens (tertiary/aromatic N) is 1. The molecule has 0 amide bonds. The average molecular weight is 316 g/mol. The molecule has 6 heteroatoms. The van der Waals surface area contributed by atoms with Crippen LogP contribution in [0.3, 0.4) is 0 Å². The number of ether oxygens (including phenoxy) is 2. The summed E-state index contributed by atoms with van der Waals surface area (Å²) in [6.07, 6.45) is 1.46. The molecule has 0 radical (unpaired) electrons. The highest BCUT2D eigenvalue weighted by molar-refractivity contribution is 5.93. The molecule has 0 saturated heterocycles. The summed E-state index contributed by atoms with van der Waals surface area (Å²) < 4.78 is 37.8. The van der Waals surface area contributed by atoms with Crippen LogP contribution in [0.25, 0.3) is 10.9 Å². The topological polar surface area (TPSA) is 43.4 Å². The van der Waals surface area contributed by atoms with E-state index in [0.29, 0.717) is 28.3 Å². The second-order valence-corrected chi connectivity index (χ2v) is 4.83. The van der Waals surface area contributed by atoms with Crippen molar-refractivity contribution >= 4 is 22.3 Å². The van der Waals surface area contributed by atoms with E-state index < -0.39 is 11.6 Å². The maximum absolute atomic E-state index is 13.8. The Labute approximate surface area is 131 Å². The summed E-state index contributed by atoms with van der Waals surface area (Å²) in [5, 5.41) is 3.47. The first-order valence-electron chi connectivity index (χ1n) is 6.85. The van der Waals surface area contributed by atoms with Crippen LogP contribution in [0.2, 0.25) is 0 Å². The molecule has 0 aliphatic heterocycles. The molecular weight excluding hydrogens is 302 g/mol. The van der Waals surface area contributed by atoms with Crippen molar-refractivity contribution in [3.05, 3.63) is 54.2 Å². The molecule has 0 aliphatic rings. The number of rotatable bonds is 4. The molecule has 1 N–H and O–H groups in total. The van der Waals surface area contributed by atoms with Crippen LogP contribution in [0.15, 0.2) is 42.6 Å². The summed E-state index contributed by atoms with van der Waals surface area (Å²) in [4.78, 5) is 3.96. The Hall–Kier alpha value is -2.89. The average Bonchev–Trinajstić information content (AvgIpc) is 2.56. The fourth-order valence-corrected chi connectivity index (χ4v) is 2.33. The molecule has 3 rings (SSSR count). The van der Waals surface area contributed by atoms with Crippen LogP contribution in [-0.2, 0) is 0 Å². The van der Waals surface area contributed by atoms with Gasteiger partial charge in [0.15, 0.2) is 5.82 Å². The predicted octanol–water partition coefficient (Wildman–Crippen LogP) is 4.27. The quantitative estimate of drug-likeness (QED) is 0.780. The molecule has 4 nitrogen and oxygen atoms in total. The zero-order chi connectivity index (χ0) is 16.4. The first-order chi connectivity index (χ1) is 11.1. The minimum Gasteiger partial charge on any atom is -0.497 e. The van der Waals surface area contributed by atoms with E-state index in [1.165, 1.54) is 19.4 Å². The van der Waals surface area contributed by atoms with Crippen LogP contribution < -0.4 is 14.8 Å². The Bertz CT molecular complexity index is 869. The molecule has 2 aromatic carbocycles. The molecule has 0 unspecified atom stereocenters. The first-order valence-corrected chi connectivity index (χ1v) is 6.85. The Balaban J connectivity index is 2.09. The van der Waals surface area contributed by atoms with Crippen molar-refractivity contribution in [2.45, 2.75) is 0 Å². The van der Waals surface area contributed by atoms with Gasteiger partial charge < -0.3 is 14.8 Å². The molecule has 1 aromatic heterocycles. The van der Waals surface area contributed by atoms with Crippen molar-refractivity contribution in [1.29, 1.82) is 0 Å². The lowest BCUT2D eigenvalue weighted by Gasteiger charge is -2.14. The van der Waals surface area contributed by atoms with E-state index in [4.69, 9.17) is 9.47 Å². The van der Waals surface area contributed by atoms with E-state index in [0.717, 1.165) is 6.07 Å². The van der Waals surface area contributed by atoms with Gasteiger partial charge in [-0.3, -0.25) is 4.98 Å². The van der Waals surface area contributed by atoms with Gasteiger partial charge in [0.05, 0.1) is 19.9 Å². The third-order valence-electron chi connectivity index (χ3n) is 3.44. The molecule has 0 aliphatic carbocycles. The normalized spacial score (nSPS) is 10.6. The number of methoxy groups -OCH3 is 2. The number of hydrogen-bond acceptors (Lipinski definition) is 4. The van der Waals surface area contributed by atoms with E-state index in [9.17, 15) is 8.78 Å². The highest BCUT2D eigenvalue weighted by Crippen LogP contribution is 2.34. The number of aromatic nitrogens is 1. The zero-order valence-electron chi connectivity index (χ0n) is 12.6. The molecular formula is C17H14F2N2O2. The lowest BCUT2D eigenvalue weighted by Crippen LogP contribution is -1.98. The molecule has 1 heterocycles. The van der Waals surface area contributed by atoms with Crippen LogP contribution in [0.4, 0.5) is 20.2 Å². The number of nitrogens with one attached hydrogen (secondary N) is 1. The van der Waals surface area contributed by atoms with Crippen molar-refractivity contribution in [2.24, 2.45) is 0 Å². The zero-order valence-corrected chi connectivity index (χ0v) is 12.6. The van der Waals surface area contributed by atoms with Gasteiger partial charge in [-0.1, -0.05) is 0 Å². The molecule has 0 saturated carbocycles. The third kappa shape index (κ3) is 2.88. The van der Waals surface area contributed by atoms with Gasteiger partial charge in [0, 0.05) is 29.4 Å². The van der Waals surface area contributed by atoms with Gasteiger partial charge in [0.25, 0.3) is 0 Å². The third-order valence-corrected chi connectivity index (χ3v) is 3.44. The second-order valence-electron chi connectivity index (χ2n) is 4.83. The van der Waals surface area contributed by atoms with Crippen LogP contribution in [0, 0.1) is 11.6 Å². The van der Waals surface area contributed by atoms with Crippen molar-refractivity contribution in [3.63, 3.8) is 0 Å². The maximum Gasteiger partial charge on any atom is 0.152 e. The summed E-state index contributed by atoms with van der Waals surface area (Å²) >= 11 is 0. The van der Waals surface area contributed by atoms with E-state index in [1.807, 2.05) is 0 Å². The smallest absolute Gasteiger partial charge is 0.152 e. The highest BCUT2D eigenvalue weighted by atomic mass is 19.1. The van der Waals surface area contributed by atoms with Crippen molar-refractivity contribution in [2.75, 3.05) is 19.5 Å². The molecule has 118 valence electrons.